The van der Waals surface area contributed by atoms with Crippen LogP contribution in [0.2, 0.25) is 5.02 Å². The number of nitrogens with one attached hydrogen (secondary N) is 1. The minimum atomic E-state index is -3.59. The van der Waals surface area contributed by atoms with Gasteiger partial charge in [-0.2, -0.15) is 0 Å². The average molecular weight is 393 g/mol. The van der Waals surface area contributed by atoms with Crippen molar-refractivity contribution < 1.29 is 12.8 Å². The van der Waals surface area contributed by atoms with E-state index in [1.807, 2.05) is 0 Å². The van der Waals surface area contributed by atoms with Crippen LogP contribution < -0.4 is 4.72 Å². The van der Waals surface area contributed by atoms with Gasteiger partial charge in [0.25, 0.3) is 0 Å². The van der Waals surface area contributed by atoms with Gasteiger partial charge in [0, 0.05) is 11.0 Å². The summed E-state index contributed by atoms with van der Waals surface area (Å²) in [5.41, 5.74) is 0.858. The molecule has 21 heavy (non-hydrogen) atoms. The van der Waals surface area contributed by atoms with E-state index in [4.69, 9.17) is 11.6 Å². The first-order valence-corrected chi connectivity index (χ1v) is 8.73. The lowest BCUT2D eigenvalue weighted by atomic mass is 10.1. The van der Waals surface area contributed by atoms with Crippen molar-refractivity contribution in [1.82, 2.24) is 4.72 Å². The summed E-state index contributed by atoms with van der Waals surface area (Å²) in [5.74, 6) is -0.314. The molecule has 0 spiro atoms. The molecule has 0 aliphatic heterocycles. The van der Waals surface area contributed by atoms with Crippen LogP contribution in [0.15, 0.2) is 51.8 Å². The van der Waals surface area contributed by atoms with Crippen LogP contribution in [0.3, 0.4) is 0 Å². The first kappa shape index (κ1) is 16.4. The Hall–Kier alpha value is -0.950. The van der Waals surface area contributed by atoms with Gasteiger partial charge in [-0.3, -0.25) is 0 Å². The van der Waals surface area contributed by atoms with Gasteiger partial charge in [0.05, 0.1) is 9.92 Å². The second kappa shape index (κ2) is 6.87. The maximum absolute atomic E-state index is 12.8. The number of halogens is 3. The van der Waals surface area contributed by atoms with Crippen LogP contribution in [0.4, 0.5) is 4.39 Å². The van der Waals surface area contributed by atoms with Gasteiger partial charge < -0.3 is 0 Å². The highest BCUT2D eigenvalue weighted by molar-refractivity contribution is 9.10. The molecule has 0 radical (unpaired) electrons. The van der Waals surface area contributed by atoms with Gasteiger partial charge in [-0.25, -0.2) is 17.5 Å². The van der Waals surface area contributed by atoms with Crippen molar-refractivity contribution in [3.8, 4) is 0 Å². The zero-order valence-corrected chi connectivity index (χ0v) is 14.0. The van der Waals surface area contributed by atoms with E-state index < -0.39 is 10.0 Å². The molecule has 0 unspecified atom stereocenters. The fourth-order valence-electron chi connectivity index (χ4n) is 1.71. The van der Waals surface area contributed by atoms with Gasteiger partial charge in [0.1, 0.15) is 5.82 Å². The molecule has 0 aliphatic carbocycles. The molecule has 2 aromatic rings. The van der Waals surface area contributed by atoms with E-state index in [-0.39, 0.29) is 17.3 Å². The Morgan fingerprint density at radius 3 is 2.43 bits per heavy atom. The van der Waals surface area contributed by atoms with Crippen molar-refractivity contribution in [1.29, 1.82) is 0 Å². The summed E-state index contributed by atoms with van der Waals surface area (Å²) in [6.07, 6.45) is 0.480. The minimum Gasteiger partial charge on any atom is -0.211 e. The lowest BCUT2D eigenvalue weighted by Crippen LogP contribution is -2.26. The fraction of sp³-hybridized carbons (Fsp3) is 0.143. The van der Waals surface area contributed by atoms with Crippen LogP contribution >= 0.6 is 27.5 Å². The third-order valence-corrected chi connectivity index (χ3v) is 5.49. The lowest BCUT2D eigenvalue weighted by molar-refractivity contribution is 0.581. The van der Waals surface area contributed by atoms with Gasteiger partial charge in [0.15, 0.2) is 0 Å². The Morgan fingerprint density at radius 1 is 1.14 bits per heavy atom. The first-order chi connectivity index (χ1) is 9.88. The first-order valence-electron chi connectivity index (χ1n) is 6.08. The van der Waals surface area contributed by atoms with Crippen LogP contribution in [0, 0.1) is 5.82 Å². The zero-order chi connectivity index (χ0) is 15.5. The Balaban J connectivity index is 2.01. The van der Waals surface area contributed by atoms with E-state index in [1.165, 1.54) is 30.3 Å². The average Bonchev–Trinajstić information content (AvgIpc) is 2.44. The predicted molar refractivity (Wildman–Crippen MR) is 84.4 cm³/mol. The Labute approximate surface area is 136 Å². The molecule has 0 saturated carbocycles. The molecule has 0 aromatic heterocycles. The summed E-state index contributed by atoms with van der Waals surface area (Å²) in [6.45, 7) is 0.230. The number of rotatable bonds is 5. The summed E-state index contributed by atoms with van der Waals surface area (Å²) in [4.78, 5) is 0.137. The number of sulfonamides is 1. The van der Waals surface area contributed by atoms with Crippen LogP contribution in [0.25, 0.3) is 0 Å². The molecule has 3 nitrogen and oxygen atoms in total. The van der Waals surface area contributed by atoms with Crippen LogP contribution in [0.1, 0.15) is 5.56 Å². The second-order valence-corrected chi connectivity index (χ2v) is 7.38. The fourth-order valence-corrected chi connectivity index (χ4v) is 3.41. The zero-order valence-electron chi connectivity index (χ0n) is 10.8. The molecule has 1 N–H and O–H groups in total. The molecule has 2 rings (SSSR count). The quantitative estimate of drug-likeness (QED) is 0.842. The summed E-state index contributed by atoms with van der Waals surface area (Å²) in [5, 5.41) is 0.445. The van der Waals surface area contributed by atoms with E-state index in [2.05, 4.69) is 20.7 Å². The molecule has 0 fully saturated rings. The molecule has 0 amide bonds. The van der Waals surface area contributed by atoms with E-state index in [9.17, 15) is 12.8 Å². The molecule has 0 saturated heterocycles. The highest BCUT2D eigenvalue weighted by Crippen LogP contribution is 2.25. The third-order valence-electron chi connectivity index (χ3n) is 2.82. The van der Waals surface area contributed by atoms with Crippen molar-refractivity contribution >= 4 is 37.6 Å². The van der Waals surface area contributed by atoms with Crippen molar-refractivity contribution in [2.45, 2.75) is 11.3 Å². The number of benzene rings is 2. The van der Waals surface area contributed by atoms with E-state index in [0.29, 0.717) is 15.9 Å². The van der Waals surface area contributed by atoms with E-state index >= 15 is 0 Å². The van der Waals surface area contributed by atoms with Crippen LogP contribution in [-0.2, 0) is 16.4 Å². The molecule has 7 heteroatoms. The summed E-state index contributed by atoms with van der Waals surface area (Å²) in [7, 11) is -3.59. The third kappa shape index (κ3) is 4.51. The number of hydrogen-bond acceptors (Lipinski definition) is 2. The summed E-state index contributed by atoms with van der Waals surface area (Å²) in [6, 6.07) is 10.3. The van der Waals surface area contributed by atoms with E-state index in [1.54, 1.807) is 12.1 Å². The predicted octanol–water partition coefficient (Wildman–Crippen LogP) is 3.76. The normalized spacial score (nSPS) is 11.6. The molecule has 0 bridgehead atoms. The lowest BCUT2D eigenvalue weighted by Gasteiger charge is -2.08. The maximum Gasteiger partial charge on any atom is 0.240 e. The molecule has 0 atom stereocenters. The van der Waals surface area contributed by atoms with Crippen LogP contribution in [-0.4, -0.2) is 15.0 Å². The molecular weight excluding hydrogens is 381 g/mol. The maximum atomic E-state index is 12.8. The smallest absolute Gasteiger partial charge is 0.211 e. The standard InChI is InChI=1S/C14H12BrClFNO2S/c15-13-9-12(5-6-14(13)16)21(19,20)18-8-7-10-1-3-11(17)4-2-10/h1-6,9,18H,7-8H2. The van der Waals surface area contributed by atoms with Crippen LogP contribution in [0.5, 0.6) is 0 Å². The van der Waals surface area contributed by atoms with Crippen molar-refractivity contribution in [2.24, 2.45) is 0 Å². The van der Waals surface area contributed by atoms with Crippen molar-refractivity contribution in [2.75, 3.05) is 6.54 Å². The summed E-state index contributed by atoms with van der Waals surface area (Å²) >= 11 is 9.03. The monoisotopic (exact) mass is 391 g/mol. The molecule has 0 heterocycles. The molecule has 112 valence electrons. The van der Waals surface area contributed by atoms with Gasteiger partial charge >= 0.3 is 0 Å². The highest BCUT2D eigenvalue weighted by atomic mass is 79.9. The van der Waals surface area contributed by atoms with Gasteiger partial charge in [-0.1, -0.05) is 23.7 Å². The summed E-state index contributed by atoms with van der Waals surface area (Å²) < 4.78 is 40.0. The van der Waals surface area contributed by atoms with E-state index in [0.717, 1.165) is 5.56 Å². The Kier molecular flexibility index (Phi) is 5.37. The Morgan fingerprint density at radius 2 is 1.81 bits per heavy atom. The molecule has 0 aliphatic rings. The molecule has 2 aromatic carbocycles. The van der Waals surface area contributed by atoms with Gasteiger partial charge in [-0.05, 0) is 58.2 Å². The van der Waals surface area contributed by atoms with Crippen molar-refractivity contribution in [3.63, 3.8) is 0 Å². The largest absolute Gasteiger partial charge is 0.240 e. The van der Waals surface area contributed by atoms with Gasteiger partial charge in [-0.15, -0.1) is 0 Å². The number of hydrogen-bond donors (Lipinski definition) is 1. The van der Waals surface area contributed by atoms with Gasteiger partial charge in [0.2, 0.25) is 10.0 Å². The second-order valence-electron chi connectivity index (χ2n) is 4.35. The van der Waals surface area contributed by atoms with Crippen molar-refractivity contribution in [3.05, 3.63) is 63.3 Å². The Bertz CT molecular complexity index is 735. The topological polar surface area (TPSA) is 46.2 Å². The molecular formula is C14H12BrClFNO2S. The minimum absolute atomic E-state index is 0.137. The highest BCUT2D eigenvalue weighted by Gasteiger charge is 2.14. The SMILES string of the molecule is O=S(=O)(NCCc1ccc(F)cc1)c1ccc(Cl)c(Br)c1.